The van der Waals surface area contributed by atoms with Crippen LogP contribution in [0.1, 0.15) is 71.2 Å². The molecule has 0 amide bonds. The van der Waals surface area contributed by atoms with E-state index in [1.54, 1.807) is 6.92 Å². The van der Waals surface area contributed by atoms with E-state index in [1.165, 1.54) is 6.42 Å². The second kappa shape index (κ2) is 204. The first-order chi connectivity index (χ1) is 2.91. The monoisotopic (exact) mass is 420 g/mol. The van der Waals surface area contributed by atoms with Crippen molar-refractivity contribution < 1.29 is 31.1 Å². The van der Waals surface area contributed by atoms with Gasteiger partial charge in [0.05, 0.1) is 0 Å². The van der Waals surface area contributed by atoms with Gasteiger partial charge in [0.1, 0.15) is 0 Å². The molecule has 13 heavy (non-hydrogen) atoms. The third kappa shape index (κ3) is 379. The van der Waals surface area contributed by atoms with Crippen molar-refractivity contribution >= 4 is 0 Å². The van der Waals surface area contributed by atoms with Crippen LogP contribution in [0.2, 0.25) is 0 Å². The van der Waals surface area contributed by atoms with Crippen LogP contribution in [-0.2, 0) is 0 Å². The van der Waals surface area contributed by atoms with Gasteiger partial charge in [0.15, 0.2) is 0 Å². The topological polar surface area (TPSA) is 0 Å². The van der Waals surface area contributed by atoms with Crippen LogP contribution >= 0.6 is 0 Å². The molecule has 0 aliphatic carbocycles. The summed E-state index contributed by atoms with van der Waals surface area (Å²) in [6.07, 6.45) is 2.28. The molecule has 0 aliphatic heterocycles. The van der Waals surface area contributed by atoms with E-state index in [-0.39, 0.29) is 75.7 Å². The molecule has 0 fully saturated rings. The molecule has 0 radical (unpaired) electrons. The third-order valence-corrected chi connectivity index (χ3v) is 0.354. The zero-order chi connectivity index (χ0) is 5.41. The second-order valence-corrected chi connectivity index (χ2v) is 0.854. The van der Waals surface area contributed by atoms with Crippen molar-refractivity contribution in [3.8, 4) is 0 Å². The smallest absolute Gasteiger partial charge is 0.346 e. The van der Waals surface area contributed by atoms with Gasteiger partial charge < -0.3 is 13.8 Å². The summed E-state index contributed by atoms with van der Waals surface area (Å²) in [5, 5.41) is 0. The largest absolute Gasteiger partial charge is 2.00 e. The average molecular weight is 420 g/mol. The van der Waals surface area contributed by atoms with Crippen molar-refractivity contribution in [2.45, 2.75) is 71.2 Å². The SMILES string of the molecule is C.C.C.C.C.C.[CH2-]C.[CH2-]CCC.[U+2]. The summed E-state index contributed by atoms with van der Waals surface area (Å²) in [7, 11) is 0. The minimum absolute atomic E-state index is 0. The van der Waals surface area contributed by atoms with Crippen molar-refractivity contribution in [2.24, 2.45) is 0 Å². The van der Waals surface area contributed by atoms with Gasteiger partial charge in [-0.05, 0) is 0 Å². The molecule has 0 bridgehead atoms. The van der Waals surface area contributed by atoms with Gasteiger partial charge >= 0.3 is 31.1 Å². The Labute approximate surface area is 116 Å². The summed E-state index contributed by atoms with van der Waals surface area (Å²) in [4.78, 5) is 0. The summed E-state index contributed by atoms with van der Waals surface area (Å²) < 4.78 is 0. The molecule has 0 saturated carbocycles. The Balaban J connectivity index is -0.00000000242. The zero-order valence-electron chi connectivity index (χ0n) is 5.33. The molecule has 0 saturated heterocycles. The molecule has 0 heterocycles. The van der Waals surface area contributed by atoms with Gasteiger partial charge in [0.2, 0.25) is 0 Å². The Kier molecular flexibility index (Phi) is 1470. The molecule has 0 aromatic carbocycles. The van der Waals surface area contributed by atoms with Crippen LogP contribution in [-0.4, -0.2) is 0 Å². The van der Waals surface area contributed by atoms with E-state index >= 15 is 0 Å². The fraction of sp³-hybridized carbons (Fsp3) is 0.833. The third-order valence-electron chi connectivity index (χ3n) is 0.354. The number of hydrogen-bond donors (Lipinski definition) is 0. The van der Waals surface area contributed by atoms with E-state index in [4.69, 9.17) is 0 Å². The van der Waals surface area contributed by atoms with Gasteiger partial charge in [0, 0.05) is 0 Å². The summed E-state index contributed by atoms with van der Waals surface area (Å²) in [6.45, 7) is 10.7. The quantitative estimate of drug-likeness (QED) is 0.438. The maximum absolute atomic E-state index is 3.60. The van der Waals surface area contributed by atoms with Crippen LogP contribution in [0.25, 0.3) is 0 Å². The van der Waals surface area contributed by atoms with E-state index in [0.29, 0.717) is 0 Å². The van der Waals surface area contributed by atoms with E-state index in [9.17, 15) is 0 Å². The van der Waals surface area contributed by atoms with Crippen LogP contribution < -0.4 is 0 Å². The van der Waals surface area contributed by atoms with Gasteiger partial charge in [-0.25, -0.2) is 0 Å². The van der Waals surface area contributed by atoms with Gasteiger partial charge in [-0.15, -0.1) is 0 Å². The molecule has 0 N–H and O–H groups in total. The molecule has 0 aromatic heterocycles. The molecular weight excluding hydrogens is 382 g/mol. The first-order valence-corrected chi connectivity index (χ1v) is 2.41. The standard InChI is InChI=1S/C4H9.C2H5.6CH4.U/c1-3-4-2;1-2;;;;;;;/h1,3-4H2,2H3;1H2,2H3;6*1H4;/q2*-1;;;;;;;+2. The van der Waals surface area contributed by atoms with Crippen molar-refractivity contribution in [1.82, 2.24) is 0 Å². The Morgan fingerprint density at radius 2 is 0.846 bits per heavy atom. The number of unbranched alkanes of at least 4 members (excludes halogenated alkanes) is 1. The van der Waals surface area contributed by atoms with E-state index in [0.717, 1.165) is 6.42 Å². The Morgan fingerprint density at radius 1 is 0.769 bits per heavy atom. The minimum Gasteiger partial charge on any atom is -0.346 e. The minimum atomic E-state index is 0. The summed E-state index contributed by atoms with van der Waals surface area (Å²) in [6, 6.07) is 0. The molecule has 0 nitrogen and oxygen atoms in total. The average Bonchev–Trinajstić information content (AvgIpc) is 1.72. The van der Waals surface area contributed by atoms with E-state index < -0.39 is 0 Å². The van der Waals surface area contributed by atoms with Crippen LogP contribution in [0.15, 0.2) is 0 Å². The number of hydrogen-bond acceptors (Lipinski definition) is 0. The second-order valence-electron chi connectivity index (χ2n) is 0.854. The molecule has 0 spiro atoms. The Bertz CT molecular complexity index is 7.09. The fourth-order valence-electron chi connectivity index (χ4n) is 0. The van der Waals surface area contributed by atoms with Crippen LogP contribution in [0.5, 0.6) is 0 Å². The molecule has 90 valence electrons. The maximum atomic E-state index is 3.60. The summed E-state index contributed by atoms with van der Waals surface area (Å²) in [5.41, 5.74) is 0. The van der Waals surface area contributed by atoms with Gasteiger partial charge in [-0.1, -0.05) is 57.9 Å². The van der Waals surface area contributed by atoms with Crippen molar-refractivity contribution in [3.05, 3.63) is 13.8 Å². The maximum Gasteiger partial charge on any atom is 2.00 e. The molecular formula is C12H38U. The summed E-state index contributed by atoms with van der Waals surface area (Å²) in [5.74, 6) is 0. The van der Waals surface area contributed by atoms with Crippen molar-refractivity contribution in [3.63, 3.8) is 0 Å². The van der Waals surface area contributed by atoms with Crippen molar-refractivity contribution in [1.29, 1.82) is 0 Å². The summed E-state index contributed by atoms with van der Waals surface area (Å²) >= 11 is 0. The fourth-order valence-corrected chi connectivity index (χ4v) is 0. The molecule has 0 aromatic rings. The zero-order valence-corrected chi connectivity index (χ0v) is 9.49. The van der Waals surface area contributed by atoms with Gasteiger partial charge in [-0.3, -0.25) is 0 Å². The van der Waals surface area contributed by atoms with E-state index in [1.807, 2.05) is 0 Å². The van der Waals surface area contributed by atoms with E-state index in [2.05, 4.69) is 20.8 Å². The van der Waals surface area contributed by atoms with Gasteiger partial charge in [-0.2, -0.15) is 13.3 Å². The molecule has 0 unspecified atom stereocenters. The van der Waals surface area contributed by atoms with Gasteiger partial charge in [0.25, 0.3) is 0 Å². The van der Waals surface area contributed by atoms with Crippen LogP contribution in [0.4, 0.5) is 0 Å². The number of rotatable bonds is 1. The molecule has 1 heteroatoms. The van der Waals surface area contributed by atoms with Crippen LogP contribution in [0, 0.1) is 45.0 Å². The Hall–Kier alpha value is 1.05. The van der Waals surface area contributed by atoms with Crippen molar-refractivity contribution in [2.75, 3.05) is 0 Å². The molecule has 0 aliphatic rings. The first kappa shape index (κ1) is 93.8. The first-order valence-electron chi connectivity index (χ1n) is 2.41. The molecule has 0 atom stereocenters. The Morgan fingerprint density at radius 3 is 0.846 bits per heavy atom. The predicted octanol–water partition coefficient (Wildman–Crippen LogP) is 6.28. The molecule has 0 rings (SSSR count). The predicted molar refractivity (Wildman–Crippen MR) is 71.7 cm³/mol. The van der Waals surface area contributed by atoms with Crippen LogP contribution in [0.3, 0.4) is 0 Å². The normalized spacial score (nSPS) is 2.77.